The average molecular weight is 321 g/mol. The Morgan fingerprint density at radius 2 is 1.83 bits per heavy atom. The Bertz CT molecular complexity index is 713. The van der Waals surface area contributed by atoms with Gasteiger partial charge in [-0.1, -0.05) is 18.2 Å². The topological polar surface area (TPSA) is 28.6 Å². The molecule has 24 heavy (non-hydrogen) atoms. The van der Waals surface area contributed by atoms with Crippen LogP contribution in [0.15, 0.2) is 48.8 Å². The molecule has 0 saturated carbocycles. The lowest BCUT2D eigenvalue weighted by molar-refractivity contribution is 0.194. The SMILES string of the molecule is c1ccc(Oc2cncc(N3CCC4(C3)C3CCN4CC3)c2)cc1. The molecule has 0 radical (unpaired) electrons. The van der Waals surface area contributed by atoms with Gasteiger partial charge in [0.25, 0.3) is 0 Å². The van der Waals surface area contributed by atoms with Crippen molar-refractivity contribution in [2.24, 2.45) is 5.92 Å². The Hall–Kier alpha value is -2.07. The first-order valence-corrected chi connectivity index (χ1v) is 9.01. The number of rotatable bonds is 3. The Labute approximate surface area is 143 Å². The molecule has 5 rings (SSSR count). The second kappa shape index (κ2) is 5.49. The van der Waals surface area contributed by atoms with Crippen molar-refractivity contribution in [3.8, 4) is 11.5 Å². The van der Waals surface area contributed by atoms with Crippen LogP contribution < -0.4 is 9.64 Å². The summed E-state index contributed by atoms with van der Waals surface area (Å²) in [6, 6.07) is 12.0. The van der Waals surface area contributed by atoms with Crippen LogP contribution in [0, 0.1) is 5.92 Å². The smallest absolute Gasteiger partial charge is 0.147 e. The number of anilines is 1. The van der Waals surface area contributed by atoms with Gasteiger partial charge in [0, 0.05) is 24.7 Å². The molecule has 3 aliphatic rings. The zero-order valence-electron chi connectivity index (χ0n) is 13.9. The van der Waals surface area contributed by atoms with Gasteiger partial charge in [0.2, 0.25) is 0 Å². The number of hydrogen-bond donors (Lipinski definition) is 0. The Morgan fingerprint density at radius 1 is 1.00 bits per heavy atom. The van der Waals surface area contributed by atoms with Crippen LogP contribution in [0.1, 0.15) is 19.3 Å². The van der Waals surface area contributed by atoms with E-state index in [1.165, 1.54) is 38.0 Å². The summed E-state index contributed by atoms with van der Waals surface area (Å²) >= 11 is 0. The molecular formula is C20H23N3O. The number of piperidine rings is 1. The summed E-state index contributed by atoms with van der Waals surface area (Å²) < 4.78 is 5.95. The number of hydrogen-bond acceptors (Lipinski definition) is 4. The van der Waals surface area contributed by atoms with Crippen molar-refractivity contribution >= 4 is 5.69 Å². The van der Waals surface area contributed by atoms with E-state index < -0.39 is 0 Å². The van der Waals surface area contributed by atoms with Crippen molar-refractivity contribution in [2.45, 2.75) is 24.8 Å². The quantitative estimate of drug-likeness (QED) is 0.864. The van der Waals surface area contributed by atoms with Gasteiger partial charge in [-0.3, -0.25) is 9.88 Å². The monoisotopic (exact) mass is 321 g/mol. The van der Waals surface area contributed by atoms with Gasteiger partial charge in [-0.2, -0.15) is 0 Å². The van der Waals surface area contributed by atoms with Gasteiger partial charge in [0.1, 0.15) is 11.5 Å². The fourth-order valence-corrected chi connectivity index (χ4v) is 5.01. The molecule has 1 aromatic heterocycles. The first kappa shape index (κ1) is 14.3. The van der Waals surface area contributed by atoms with E-state index >= 15 is 0 Å². The summed E-state index contributed by atoms with van der Waals surface area (Å²) in [4.78, 5) is 9.66. The molecule has 0 amide bonds. The highest BCUT2D eigenvalue weighted by Crippen LogP contribution is 2.49. The van der Waals surface area contributed by atoms with Gasteiger partial charge in [0.15, 0.2) is 0 Å². The third kappa shape index (κ3) is 2.20. The molecular weight excluding hydrogens is 298 g/mol. The van der Waals surface area contributed by atoms with Crippen LogP contribution >= 0.6 is 0 Å². The third-order valence-corrected chi connectivity index (χ3v) is 6.21. The van der Waals surface area contributed by atoms with Crippen molar-refractivity contribution in [3.63, 3.8) is 0 Å². The minimum absolute atomic E-state index is 0.441. The third-order valence-electron chi connectivity index (χ3n) is 6.21. The first-order valence-electron chi connectivity index (χ1n) is 9.01. The van der Waals surface area contributed by atoms with Crippen LogP contribution in [0.2, 0.25) is 0 Å². The first-order chi connectivity index (χ1) is 11.8. The van der Waals surface area contributed by atoms with Crippen LogP contribution in [0.25, 0.3) is 0 Å². The standard InChI is InChI=1S/C20H23N3O/c1-2-4-18(5-3-1)24-19-12-17(13-21-14-19)22-11-8-20(15-22)16-6-9-23(20)10-7-16/h1-5,12-14,16H,6-11,15H2. The fraction of sp³-hybridized carbons (Fsp3) is 0.450. The van der Waals surface area contributed by atoms with Crippen LogP contribution in [0.4, 0.5) is 5.69 Å². The van der Waals surface area contributed by atoms with Gasteiger partial charge in [0.05, 0.1) is 18.1 Å². The molecule has 1 unspecified atom stereocenters. The lowest BCUT2D eigenvalue weighted by atomic mass is 9.85. The van der Waals surface area contributed by atoms with Crippen LogP contribution in [-0.4, -0.2) is 41.6 Å². The van der Waals surface area contributed by atoms with E-state index in [0.717, 1.165) is 30.5 Å². The van der Waals surface area contributed by atoms with Crippen LogP contribution in [-0.2, 0) is 0 Å². The predicted molar refractivity (Wildman–Crippen MR) is 94.6 cm³/mol. The molecule has 2 aromatic rings. The summed E-state index contributed by atoms with van der Waals surface area (Å²) in [6.45, 7) is 4.87. The predicted octanol–water partition coefficient (Wildman–Crippen LogP) is 3.55. The van der Waals surface area contributed by atoms with Crippen molar-refractivity contribution in [1.29, 1.82) is 0 Å². The Balaban J connectivity index is 1.36. The second-order valence-electron chi connectivity index (χ2n) is 7.33. The molecule has 124 valence electrons. The highest BCUT2D eigenvalue weighted by molar-refractivity contribution is 5.51. The van der Waals surface area contributed by atoms with Crippen LogP contribution in [0.3, 0.4) is 0 Å². The van der Waals surface area contributed by atoms with E-state index in [9.17, 15) is 0 Å². The maximum atomic E-state index is 5.95. The van der Waals surface area contributed by atoms with Crippen molar-refractivity contribution in [2.75, 3.05) is 31.1 Å². The molecule has 3 saturated heterocycles. The number of para-hydroxylation sites is 1. The molecule has 4 heterocycles. The number of aromatic nitrogens is 1. The summed E-state index contributed by atoms with van der Waals surface area (Å²) in [5.41, 5.74) is 1.63. The molecule has 4 heteroatoms. The minimum atomic E-state index is 0.441. The highest BCUT2D eigenvalue weighted by Gasteiger charge is 2.55. The molecule has 4 nitrogen and oxygen atoms in total. The molecule has 1 atom stereocenters. The number of benzene rings is 1. The molecule has 0 aliphatic carbocycles. The zero-order chi connectivity index (χ0) is 16.0. The Morgan fingerprint density at radius 3 is 2.58 bits per heavy atom. The fourth-order valence-electron chi connectivity index (χ4n) is 5.01. The maximum absolute atomic E-state index is 5.95. The summed E-state index contributed by atoms with van der Waals surface area (Å²) in [5, 5.41) is 0. The lowest BCUT2D eigenvalue weighted by Crippen LogP contribution is -2.44. The molecule has 1 aromatic carbocycles. The summed E-state index contributed by atoms with van der Waals surface area (Å²) in [6.07, 6.45) is 7.85. The minimum Gasteiger partial charge on any atom is -0.456 e. The van der Waals surface area contributed by atoms with Crippen molar-refractivity contribution in [1.82, 2.24) is 9.88 Å². The summed E-state index contributed by atoms with van der Waals surface area (Å²) in [7, 11) is 0. The Kier molecular flexibility index (Phi) is 3.27. The van der Waals surface area contributed by atoms with Gasteiger partial charge in [-0.25, -0.2) is 0 Å². The lowest BCUT2D eigenvalue weighted by Gasteiger charge is -2.32. The van der Waals surface area contributed by atoms with Gasteiger partial charge < -0.3 is 9.64 Å². The maximum Gasteiger partial charge on any atom is 0.147 e. The van der Waals surface area contributed by atoms with Crippen LogP contribution in [0.5, 0.6) is 11.5 Å². The molecule has 0 N–H and O–H groups in total. The number of nitrogens with zero attached hydrogens (tertiary/aromatic N) is 3. The van der Waals surface area contributed by atoms with E-state index in [4.69, 9.17) is 4.74 Å². The average Bonchev–Trinajstić information content (AvgIpc) is 3.32. The molecule has 2 bridgehead atoms. The number of ether oxygens (including phenoxy) is 1. The highest BCUT2D eigenvalue weighted by atomic mass is 16.5. The number of pyridine rings is 1. The van der Waals surface area contributed by atoms with E-state index in [2.05, 4.69) is 20.9 Å². The van der Waals surface area contributed by atoms with Gasteiger partial charge >= 0.3 is 0 Å². The van der Waals surface area contributed by atoms with E-state index in [0.29, 0.717) is 5.54 Å². The van der Waals surface area contributed by atoms with E-state index in [-0.39, 0.29) is 0 Å². The van der Waals surface area contributed by atoms with Gasteiger partial charge in [-0.05, 0) is 50.4 Å². The van der Waals surface area contributed by atoms with Crippen molar-refractivity contribution < 1.29 is 4.74 Å². The second-order valence-corrected chi connectivity index (χ2v) is 7.33. The zero-order valence-corrected chi connectivity index (χ0v) is 13.9. The molecule has 1 spiro atoms. The molecule has 3 aliphatic heterocycles. The van der Waals surface area contributed by atoms with Gasteiger partial charge in [-0.15, -0.1) is 0 Å². The largest absolute Gasteiger partial charge is 0.456 e. The summed E-state index contributed by atoms with van der Waals surface area (Å²) in [5.74, 6) is 2.57. The van der Waals surface area contributed by atoms with E-state index in [1.807, 2.05) is 36.5 Å². The molecule has 3 fully saturated rings. The normalized spacial score (nSPS) is 31.1. The van der Waals surface area contributed by atoms with E-state index in [1.54, 1.807) is 6.20 Å². The van der Waals surface area contributed by atoms with Crippen molar-refractivity contribution in [3.05, 3.63) is 48.8 Å².